The topological polar surface area (TPSA) is 17.1 Å². The molecule has 3 atom stereocenters. The number of hydrogen-bond donors (Lipinski definition) is 0. The molecule has 1 aromatic rings. The summed E-state index contributed by atoms with van der Waals surface area (Å²) in [4.78, 5) is 12.2. The van der Waals surface area contributed by atoms with Crippen LogP contribution in [0.5, 0.6) is 0 Å². The average Bonchev–Trinajstić information content (AvgIpc) is 2.59. The largest absolute Gasteiger partial charge is 0.294 e. The molecule has 2 aliphatic carbocycles. The van der Waals surface area contributed by atoms with Gasteiger partial charge >= 0.3 is 0 Å². The molecule has 0 N–H and O–H groups in total. The molecule has 1 nitrogen and oxygen atoms in total. The molecule has 0 bridgehead atoms. The Balaban J connectivity index is 1.77. The van der Waals surface area contributed by atoms with Crippen molar-refractivity contribution in [2.24, 2.45) is 11.3 Å². The standard InChI is InChI=1S/C22H32O/c1-3-4-11-21(23)18-14-12-17(13-15-18)20-10-7-9-19-8-5-6-16-22(19,20)2/h12-15,19-20H,3-11,16H2,1-2H3/t19-,20?,22+/m1/s1. The zero-order valence-corrected chi connectivity index (χ0v) is 14.9. The quantitative estimate of drug-likeness (QED) is 0.565. The number of hydrogen-bond acceptors (Lipinski definition) is 1. The van der Waals surface area contributed by atoms with Crippen molar-refractivity contribution in [3.63, 3.8) is 0 Å². The first-order valence-electron chi connectivity index (χ1n) is 9.78. The summed E-state index contributed by atoms with van der Waals surface area (Å²) >= 11 is 0. The molecule has 3 rings (SSSR count). The maximum absolute atomic E-state index is 12.2. The summed E-state index contributed by atoms with van der Waals surface area (Å²) in [5, 5.41) is 0. The highest BCUT2D eigenvalue weighted by molar-refractivity contribution is 5.96. The lowest BCUT2D eigenvalue weighted by molar-refractivity contribution is 0.0392. The van der Waals surface area contributed by atoms with Crippen molar-refractivity contribution in [3.05, 3.63) is 35.4 Å². The first kappa shape index (κ1) is 16.7. The van der Waals surface area contributed by atoms with E-state index in [4.69, 9.17) is 0 Å². The van der Waals surface area contributed by atoms with Gasteiger partial charge in [0.25, 0.3) is 0 Å². The SMILES string of the molecule is CCCCC(=O)c1ccc(C2CCC[C@H]3CCCC[C@]23C)cc1. The summed E-state index contributed by atoms with van der Waals surface area (Å²) in [7, 11) is 0. The molecular weight excluding hydrogens is 280 g/mol. The van der Waals surface area contributed by atoms with Gasteiger partial charge in [0, 0.05) is 12.0 Å². The van der Waals surface area contributed by atoms with Crippen molar-refractivity contribution >= 4 is 5.78 Å². The van der Waals surface area contributed by atoms with Gasteiger partial charge in [-0.25, -0.2) is 0 Å². The molecule has 0 spiro atoms. The Hall–Kier alpha value is -1.11. The fourth-order valence-corrected chi connectivity index (χ4v) is 5.19. The molecule has 23 heavy (non-hydrogen) atoms. The number of carbonyl (C=O) groups is 1. The molecule has 1 heteroatoms. The predicted octanol–water partition coefficient (Wildman–Crippen LogP) is 6.52. The number of unbranched alkanes of at least 4 members (excludes halogenated alkanes) is 1. The van der Waals surface area contributed by atoms with Crippen LogP contribution in [0.15, 0.2) is 24.3 Å². The number of rotatable bonds is 5. The van der Waals surface area contributed by atoms with Crippen molar-refractivity contribution < 1.29 is 4.79 Å². The van der Waals surface area contributed by atoms with Crippen LogP contribution in [0.3, 0.4) is 0 Å². The minimum atomic E-state index is 0.309. The van der Waals surface area contributed by atoms with E-state index in [9.17, 15) is 4.79 Å². The van der Waals surface area contributed by atoms with Crippen LogP contribution >= 0.6 is 0 Å². The fraction of sp³-hybridized carbons (Fsp3) is 0.682. The number of ketones is 1. The van der Waals surface area contributed by atoms with Crippen LogP contribution in [0.25, 0.3) is 0 Å². The Kier molecular flexibility index (Phi) is 5.24. The van der Waals surface area contributed by atoms with Gasteiger partial charge in [-0.2, -0.15) is 0 Å². The lowest BCUT2D eigenvalue weighted by Crippen LogP contribution is -2.39. The van der Waals surface area contributed by atoms with Gasteiger partial charge in [-0.15, -0.1) is 0 Å². The first-order chi connectivity index (χ1) is 11.1. The Morgan fingerprint density at radius 3 is 2.57 bits per heavy atom. The summed E-state index contributed by atoms with van der Waals surface area (Å²) in [5.74, 6) is 1.92. The second-order valence-corrected chi connectivity index (χ2v) is 8.08. The van der Waals surface area contributed by atoms with Crippen molar-refractivity contribution in [1.29, 1.82) is 0 Å². The van der Waals surface area contributed by atoms with Crippen LogP contribution in [-0.2, 0) is 0 Å². The highest BCUT2D eigenvalue weighted by Gasteiger charge is 2.45. The van der Waals surface area contributed by atoms with E-state index in [1.54, 1.807) is 0 Å². The van der Waals surface area contributed by atoms with Crippen LogP contribution in [0.1, 0.15) is 99.9 Å². The van der Waals surface area contributed by atoms with Crippen molar-refractivity contribution in [1.82, 2.24) is 0 Å². The maximum Gasteiger partial charge on any atom is 0.162 e. The van der Waals surface area contributed by atoms with Crippen molar-refractivity contribution in [2.75, 3.05) is 0 Å². The Morgan fingerprint density at radius 2 is 1.83 bits per heavy atom. The molecule has 0 heterocycles. The third-order valence-corrected chi connectivity index (χ3v) is 6.68. The molecule has 1 aromatic carbocycles. The molecule has 2 aliphatic rings. The van der Waals surface area contributed by atoms with E-state index in [-0.39, 0.29) is 0 Å². The van der Waals surface area contributed by atoms with E-state index < -0.39 is 0 Å². The predicted molar refractivity (Wildman–Crippen MR) is 97.0 cm³/mol. The lowest BCUT2D eigenvalue weighted by atomic mass is 9.54. The van der Waals surface area contributed by atoms with Crippen LogP contribution in [-0.4, -0.2) is 5.78 Å². The Morgan fingerprint density at radius 1 is 1.09 bits per heavy atom. The van der Waals surface area contributed by atoms with E-state index >= 15 is 0 Å². The van der Waals surface area contributed by atoms with E-state index in [1.807, 2.05) is 0 Å². The monoisotopic (exact) mass is 312 g/mol. The summed E-state index contributed by atoms with van der Waals surface area (Å²) in [5.41, 5.74) is 2.87. The smallest absolute Gasteiger partial charge is 0.162 e. The lowest BCUT2D eigenvalue weighted by Gasteiger charge is -2.51. The highest BCUT2D eigenvalue weighted by Crippen LogP contribution is 2.57. The van der Waals surface area contributed by atoms with E-state index in [0.29, 0.717) is 23.5 Å². The second kappa shape index (κ2) is 7.20. The second-order valence-electron chi connectivity index (χ2n) is 8.08. The molecule has 0 amide bonds. The molecule has 0 aromatic heterocycles. The molecule has 2 fully saturated rings. The minimum Gasteiger partial charge on any atom is -0.294 e. The van der Waals surface area contributed by atoms with Crippen LogP contribution < -0.4 is 0 Å². The molecule has 2 saturated carbocycles. The van der Waals surface area contributed by atoms with Crippen molar-refractivity contribution in [2.45, 2.75) is 84.0 Å². The number of benzene rings is 1. The van der Waals surface area contributed by atoms with Crippen LogP contribution in [0, 0.1) is 11.3 Å². The fourth-order valence-electron chi connectivity index (χ4n) is 5.19. The summed E-state index contributed by atoms with van der Waals surface area (Å²) in [6, 6.07) is 8.68. The van der Waals surface area contributed by atoms with Crippen LogP contribution in [0.4, 0.5) is 0 Å². The van der Waals surface area contributed by atoms with Gasteiger partial charge in [-0.3, -0.25) is 4.79 Å². The van der Waals surface area contributed by atoms with Crippen LogP contribution in [0.2, 0.25) is 0 Å². The average molecular weight is 312 g/mol. The summed E-state index contributed by atoms with van der Waals surface area (Å²) in [6.07, 6.45) is 12.6. The highest BCUT2D eigenvalue weighted by atomic mass is 16.1. The normalized spacial score (nSPS) is 30.7. The Bertz CT molecular complexity index is 527. The van der Waals surface area contributed by atoms with Gasteiger partial charge in [0.2, 0.25) is 0 Å². The van der Waals surface area contributed by atoms with E-state index in [1.165, 1.54) is 50.5 Å². The molecule has 0 aliphatic heterocycles. The van der Waals surface area contributed by atoms with E-state index in [2.05, 4.69) is 38.1 Å². The first-order valence-corrected chi connectivity index (χ1v) is 9.78. The number of fused-ring (bicyclic) bond motifs is 1. The molecule has 1 unspecified atom stereocenters. The van der Waals surface area contributed by atoms with Gasteiger partial charge in [0.1, 0.15) is 0 Å². The Labute approximate surface area is 141 Å². The van der Waals surface area contributed by atoms with Gasteiger partial charge in [-0.05, 0) is 54.9 Å². The van der Waals surface area contributed by atoms with Crippen molar-refractivity contribution in [3.8, 4) is 0 Å². The maximum atomic E-state index is 12.2. The third-order valence-electron chi connectivity index (χ3n) is 6.68. The molecule has 0 radical (unpaired) electrons. The third kappa shape index (κ3) is 3.39. The summed E-state index contributed by atoms with van der Waals surface area (Å²) in [6.45, 7) is 4.68. The number of Topliss-reactive ketones (excluding diaryl/α,β-unsaturated/α-hetero) is 1. The van der Waals surface area contributed by atoms with Gasteiger partial charge < -0.3 is 0 Å². The van der Waals surface area contributed by atoms with Gasteiger partial charge in [0.15, 0.2) is 5.78 Å². The van der Waals surface area contributed by atoms with Gasteiger partial charge in [0.05, 0.1) is 0 Å². The number of carbonyl (C=O) groups excluding carboxylic acids is 1. The molecule has 126 valence electrons. The zero-order chi connectivity index (χ0) is 16.3. The summed E-state index contributed by atoms with van der Waals surface area (Å²) < 4.78 is 0. The van der Waals surface area contributed by atoms with Gasteiger partial charge in [-0.1, -0.05) is 63.8 Å². The van der Waals surface area contributed by atoms with E-state index in [0.717, 1.165) is 24.3 Å². The molecule has 0 saturated heterocycles. The zero-order valence-electron chi connectivity index (χ0n) is 14.9. The molecular formula is C22H32O. The minimum absolute atomic E-state index is 0.309.